The van der Waals surface area contributed by atoms with Crippen molar-refractivity contribution in [3.63, 3.8) is 0 Å². The maximum absolute atomic E-state index is 12.3. The fourth-order valence-corrected chi connectivity index (χ4v) is 4.55. The number of thioether (sulfide) groups is 1. The molecular formula is C20H25ClN2O3S2. The van der Waals surface area contributed by atoms with Crippen LogP contribution >= 0.6 is 23.4 Å². The standard InChI is InChI=1S/C20H25ClN2O3S2/c1-15-5-4-6-17(11-15)14-27-10-9-22-20(24)13-23(28(3,25)26)19-12-18(21)8-7-16(19)2/h4-8,11-12H,9-10,13-14H2,1-3H3,(H,22,24). The van der Waals surface area contributed by atoms with Crippen LogP contribution in [0.3, 0.4) is 0 Å². The van der Waals surface area contributed by atoms with Crippen LogP contribution in [0.25, 0.3) is 0 Å². The summed E-state index contributed by atoms with van der Waals surface area (Å²) >= 11 is 7.72. The second-order valence-electron chi connectivity index (χ2n) is 6.59. The van der Waals surface area contributed by atoms with Crippen molar-refractivity contribution in [1.82, 2.24) is 5.32 Å². The summed E-state index contributed by atoms with van der Waals surface area (Å²) < 4.78 is 25.5. The Morgan fingerprint density at radius 1 is 1.18 bits per heavy atom. The van der Waals surface area contributed by atoms with E-state index >= 15 is 0 Å². The molecule has 28 heavy (non-hydrogen) atoms. The molecule has 1 amide bonds. The van der Waals surface area contributed by atoms with E-state index in [9.17, 15) is 13.2 Å². The lowest BCUT2D eigenvalue weighted by Crippen LogP contribution is -2.41. The first-order chi connectivity index (χ1) is 13.2. The third-order valence-corrected chi connectivity index (χ3v) is 6.44. The van der Waals surface area contributed by atoms with E-state index in [1.54, 1.807) is 36.9 Å². The highest BCUT2D eigenvalue weighted by atomic mass is 35.5. The fourth-order valence-electron chi connectivity index (χ4n) is 2.67. The lowest BCUT2D eigenvalue weighted by Gasteiger charge is -2.23. The summed E-state index contributed by atoms with van der Waals surface area (Å²) in [4.78, 5) is 12.3. The van der Waals surface area contributed by atoms with Crippen molar-refractivity contribution < 1.29 is 13.2 Å². The number of hydrogen-bond donors (Lipinski definition) is 1. The quantitative estimate of drug-likeness (QED) is 0.602. The number of nitrogens with zero attached hydrogens (tertiary/aromatic N) is 1. The van der Waals surface area contributed by atoms with Crippen molar-refractivity contribution in [1.29, 1.82) is 0 Å². The maximum atomic E-state index is 12.3. The molecule has 0 fully saturated rings. The molecule has 2 rings (SSSR count). The first-order valence-electron chi connectivity index (χ1n) is 8.80. The number of rotatable bonds is 9. The van der Waals surface area contributed by atoms with Crippen LogP contribution in [0.4, 0.5) is 5.69 Å². The van der Waals surface area contributed by atoms with E-state index < -0.39 is 10.0 Å². The predicted octanol–water partition coefficient (Wildman–Crippen LogP) is 3.77. The minimum absolute atomic E-state index is 0.275. The van der Waals surface area contributed by atoms with Crippen LogP contribution in [0.1, 0.15) is 16.7 Å². The summed E-state index contributed by atoms with van der Waals surface area (Å²) in [5.74, 6) is 1.27. The topological polar surface area (TPSA) is 66.5 Å². The number of benzene rings is 2. The summed E-state index contributed by atoms with van der Waals surface area (Å²) in [5.41, 5.74) is 3.62. The average Bonchev–Trinajstić information content (AvgIpc) is 2.61. The smallest absolute Gasteiger partial charge is 0.240 e. The van der Waals surface area contributed by atoms with Crippen molar-refractivity contribution in [2.24, 2.45) is 0 Å². The maximum Gasteiger partial charge on any atom is 0.240 e. The first kappa shape index (κ1) is 22.6. The van der Waals surface area contributed by atoms with Crippen LogP contribution in [-0.4, -0.2) is 39.4 Å². The van der Waals surface area contributed by atoms with Gasteiger partial charge in [-0.3, -0.25) is 9.10 Å². The highest BCUT2D eigenvalue weighted by molar-refractivity contribution is 7.98. The highest BCUT2D eigenvalue weighted by Gasteiger charge is 2.22. The summed E-state index contributed by atoms with van der Waals surface area (Å²) in [6.45, 7) is 4.04. The summed E-state index contributed by atoms with van der Waals surface area (Å²) in [7, 11) is -3.62. The molecule has 0 unspecified atom stereocenters. The molecular weight excluding hydrogens is 416 g/mol. The van der Waals surface area contributed by atoms with E-state index in [0.717, 1.165) is 27.6 Å². The van der Waals surface area contributed by atoms with Crippen LogP contribution in [0.5, 0.6) is 0 Å². The predicted molar refractivity (Wildman–Crippen MR) is 119 cm³/mol. The van der Waals surface area contributed by atoms with Gasteiger partial charge >= 0.3 is 0 Å². The number of carbonyl (C=O) groups excluding carboxylic acids is 1. The Morgan fingerprint density at radius 3 is 2.61 bits per heavy atom. The molecule has 2 aromatic rings. The van der Waals surface area contributed by atoms with Crippen molar-refractivity contribution in [2.45, 2.75) is 19.6 Å². The van der Waals surface area contributed by atoms with Crippen molar-refractivity contribution in [3.8, 4) is 0 Å². The van der Waals surface area contributed by atoms with Crippen LogP contribution < -0.4 is 9.62 Å². The van der Waals surface area contributed by atoms with Crippen molar-refractivity contribution >= 4 is 45.0 Å². The molecule has 8 heteroatoms. The Labute approximate surface area is 176 Å². The lowest BCUT2D eigenvalue weighted by atomic mass is 10.2. The third-order valence-electron chi connectivity index (χ3n) is 4.05. The SMILES string of the molecule is Cc1cccc(CSCCNC(=O)CN(c2cc(Cl)ccc2C)S(C)(=O)=O)c1. The average molecular weight is 441 g/mol. The van der Waals surface area contributed by atoms with Gasteiger partial charge in [-0.15, -0.1) is 0 Å². The van der Waals surface area contributed by atoms with E-state index in [-0.39, 0.29) is 12.5 Å². The molecule has 0 saturated heterocycles. The molecule has 0 radical (unpaired) electrons. The van der Waals surface area contributed by atoms with Crippen LogP contribution in [0.15, 0.2) is 42.5 Å². The Morgan fingerprint density at radius 2 is 1.93 bits per heavy atom. The Kier molecular flexibility index (Phi) is 8.22. The number of sulfonamides is 1. The van der Waals surface area contributed by atoms with Gasteiger partial charge in [0.25, 0.3) is 0 Å². The number of hydrogen-bond acceptors (Lipinski definition) is 4. The molecule has 0 aliphatic rings. The molecule has 0 saturated carbocycles. The molecule has 0 bridgehead atoms. The molecule has 0 atom stereocenters. The van der Waals surface area contributed by atoms with E-state index in [0.29, 0.717) is 17.3 Å². The Bertz CT molecular complexity index is 933. The van der Waals surface area contributed by atoms with Gasteiger partial charge in [0.1, 0.15) is 6.54 Å². The summed E-state index contributed by atoms with van der Waals surface area (Å²) in [6.07, 6.45) is 1.08. The van der Waals surface area contributed by atoms with Crippen LogP contribution in [0.2, 0.25) is 5.02 Å². The normalized spacial score (nSPS) is 11.3. The van der Waals surface area contributed by atoms with Gasteiger partial charge in [0.15, 0.2) is 0 Å². The monoisotopic (exact) mass is 440 g/mol. The van der Waals surface area contributed by atoms with Gasteiger partial charge in [0.05, 0.1) is 11.9 Å². The Balaban J connectivity index is 1.87. The second-order valence-corrected chi connectivity index (χ2v) is 10.0. The van der Waals surface area contributed by atoms with Crippen molar-refractivity contribution in [2.75, 3.05) is 29.4 Å². The van der Waals surface area contributed by atoms with Gasteiger partial charge in [0.2, 0.25) is 15.9 Å². The summed E-state index contributed by atoms with van der Waals surface area (Å²) in [5, 5.41) is 3.21. The highest BCUT2D eigenvalue weighted by Crippen LogP contribution is 2.26. The molecule has 152 valence electrons. The van der Waals surface area contributed by atoms with Gasteiger partial charge in [-0.25, -0.2) is 8.42 Å². The molecule has 0 spiro atoms. The number of anilines is 1. The number of amides is 1. The van der Waals surface area contributed by atoms with Crippen LogP contribution in [0, 0.1) is 13.8 Å². The second kappa shape index (κ2) is 10.2. The van der Waals surface area contributed by atoms with Gasteiger partial charge < -0.3 is 5.32 Å². The number of carbonyl (C=O) groups is 1. The lowest BCUT2D eigenvalue weighted by molar-refractivity contribution is -0.119. The zero-order valence-corrected chi connectivity index (χ0v) is 18.6. The molecule has 1 N–H and O–H groups in total. The van der Waals surface area contributed by atoms with E-state index in [1.165, 1.54) is 11.1 Å². The van der Waals surface area contributed by atoms with E-state index in [2.05, 4.69) is 30.4 Å². The zero-order valence-electron chi connectivity index (χ0n) is 16.2. The molecule has 0 aliphatic heterocycles. The van der Waals surface area contributed by atoms with Gasteiger partial charge in [-0.05, 0) is 37.1 Å². The molecule has 0 aliphatic carbocycles. The summed E-state index contributed by atoms with van der Waals surface area (Å²) in [6, 6.07) is 13.3. The molecule has 2 aromatic carbocycles. The number of halogens is 1. The molecule has 0 heterocycles. The van der Waals surface area contributed by atoms with Crippen LogP contribution in [-0.2, 0) is 20.6 Å². The van der Waals surface area contributed by atoms with E-state index in [4.69, 9.17) is 11.6 Å². The van der Waals surface area contributed by atoms with Gasteiger partial charge in [0, 0.05) is 23.1 Å². The third kappa shape index (κ3) is 7.04. The van der Waals surface area contributed by atoms with Gasteiger partial charge in [-0.2, -0.15) is 11.8 Å². The molecule has 0 aromatic heterocycles. The number of aryl methyl sites for hydroxylation is 2. The van der Waals surface area contributed by atoms with E-state index in [1.807, 2.05) is 6.07 Å². The zero-order chi connectivity index (χ0) is 20.7. The fraction of sp³-hybridized carbons (Fsp3) is 0.350. The molecule has 5 nitrogen and oxygen atoms in total. The first-order valence-corrected chi connectivity index (χ1v) is 12.2. The van der Waals surface area contributed by atoms with Gasteiger partial charge in [-0.1, -0.05) is 47.5 Å². The van der Waals surface area contributed by atoms with Crippen molar-refractivity contribution in [3.05, 3.63) is 64.2 Å². The Hall–Kier alpha value is -1.70. The largest absolute Gasteiger partial charge is 0.354 e. The minimum atomic E-state index is -3.62. The minimum Gasteiger partial charge on any atom is -0.354 e. The number of nitrogens with one attached hydrogen (secondary N) is 1.